The van der Waals surface area contributed by atoms with Crippen LogP contribution in [0.4, 0.5) is 0 Å². The van der Waals surface area contributed by atoms with E-state index in [9.17, 15) is 13.5 Å². The van der Waals surface area contributed by atoms with Crippen LogP contribution in [0.2, 0.25) is 0 Å². The van der Waals surface area contributed by atoms with Crippen molar-refractivity contribution in [1.82, 2.24) is 8.61 Å². The van der Waals surface area contributed by atoms with Crippen LogP contribution in [0.5, 0.6) is 0 Å². The summed E-state index contributed by atoms with van der Waals surface area (Å²) < 4.78 is 28.2. The first-order valence-electron chi connectivity index (χ1n) is 6.82. The zero-order valence-electron chi connectivity index (χ0n) is 11.3. The summed E-state index contributed by atoms with van der Waals surface area (Å²) in [5.74, 6) is 0. The second-order valence-corrected chi connectivity index (χ2v) is 7.78. The van der Waals surface area contributed by atoms with Crippen LogP contribution in [0, 0.1) is 0 Å². The van der Waals surface area contributed by atoms with E-state index >= 15 is 0 Å². The van der Waals surface area contributed by atoms with Crippen molar-refractivity contribution < 1.29 is 13.5 Å². The third-order valence-corrected chi connectivity index (χ3v) is 6.10. The van der Waals surface area contributed by atoms with E-state index in [2.05, 4.69) is 0 Å². The summed E-state index contributed by atoms with van der Waals surface area (Å²) in [6, 6.07) is 0.0793. The number of piperidine rings is 2. The fourth-order valence-electron chi connectivity index (χ4n) is 2.93. The largest absolute Gasteiger partial charge is 0.389 e. The van der Waals surface area contributed by atoms with Gasteiger partial charge in [-0.2, -0.15) is 17.0 Å². The number of β-amino-alcohol motifs (C(OH)–C–C–N with tert-alkyl or cyclic N) is 1. The summed E-state index contributed by atoms with van der Waals surface area (Å²) >= 11 is 0. The van der Waals surface area contributed by atoms with Crippen LogP contribution < -0.4 is 0 Å². The molecule has 2 aliphatic rings. The summed E-state index contributed by atoms with van der Waals surface area (Å²) in [6.45, 7) is 5.05. The molecular weight excluding hydrogens is 252 g/mol. The lowest BCUT2D eigenvalue weighted by atomic mass is 9.97. The zero-order chi connectivity index (χ0) is 13.4. The molecule has 2 rings (SSSR count). The Morgan fingerprint density at radius 2 is 1.94 bits per heavy atom. The van der Waals surface area contributed by atoms with Crippen molar-refractivity contribution in [2.45, 2.75) is 57.6 Å². The molecule has 2 unspecified atom stereocenters. The van der Waals surface area contributed by atoms with Gasteiger partial charge in [0.1, 0.15) is 0 Å². The number of hydrogen-bond acceptors (Lipinski definition) is 3. The molecule has 5 nitrogen and oxygen atoms in total. The summed E-state index contributed by atoms with van der Waals surface area (Å²) in [7, 11) is -3.40. The molecule has 0 amide bonds. The molecule has 18 heavy (non-hydrogen) atoms. The predicted octanol–water partition coefficient (Wildman–Crippen LogP) is 0.952. The monoisotopic (exact) mass is 276 g/mol. The highest BCUT2D eigenvalue weighted by Gasteiger charge is 2.39. The Balaban J connectivity index is 2.14. The van der Waals surface area contributed by atoms with Gasteiger partial charge in [-0.25, -0.2) is 0 Å². The van der Waals surface area contributed by atoms with E-state index in [1.165, 1.54) is 4.31 Å². The Hall–Kier alpha value is -0.170. The van der Waals surface area contributed by atoms with Crippen LogP contribution in [-0.4, -0.2) is 53.4 Å². The molecule has 6 heteroatoms. The maximum Gasteiger partial charge on any atom is 0.282 e. The van der Waals surface area contributed by atoms with Crippen LogP contribution in [0.15, 0.2) is 0 Å². The molecule has 0 aromatic carbocycles. The third-order valence-electron chi connectivity index (χ3n) is 4.00. The first-order valence-corrected chi connectivity index (χ1v) is 8.22. The lowest BCUT2D eigenvalue weighted by molar-refractivity contribution is 0.00707. The Labute approximate surface area is 110 Å². The molecule has 106 valence electrons. The van der Waals surface area contributed by atoms with Gasteiger partial charge in [-0.1, -0.05) is 6.42 Å². The molecule has 2 atom stereocenters. The van der Waals surface area contributed by atoms with E-state index in [1.54, 1.807) is 11.2 Å². The predicted molar refractivity (Wildman–Crippen MR) is 70.4 cm³/mol. The maximum atomic E-state index is 12.6. The average molecular weight is 276 g/mol. The number of rotatable bonds is 2. The zero-order valence-corrected chi connectivity index (χ0v) is 12.1. The highest BCUT2D eigenvalue weighted by atomic mass is 32.2. The second kappa shape index (κ2) is 5.07. The van der Waals surface area contributed by atoms with E-state index in [1.807, 2.05) is 6.92 Å². The quantitative estimate of drug-likeness (QED) is 0.817. The van der Waals surface area contributed by atoms with E-state index in [-0.39, 0.29) is 12.6 Å². The second-order valence-electron chi connectivity index (χ2n) is 5.90. The van der Waals surface area contributed by atoms with Gasteiger partial charge in [0.25, 0.3) is 10.2 Å². The van der Waals surface area contributed by atoms with Gasteiger partial charge in [-0.15, -0.1) is 0 Å². The molecule has 0 aromatic heterocycles. The maximum absolute atomic E-state index is 12.6. The Kier molecular flexibility index (Phi) is 4.02. The molecular formula is C12H24N2O3S. The molecule has 2 saturated heterocycles. The smallest absolute Gasteiger partial charge is 0.282 e. The van der Waals surface area contributed by atoms with Crippen molar-refractivity contribution in [3.05, 3.63) is 0 Å². The molecule has 0 saturated carbocycles. The van der Waals surface area contributed by atoms with Crippen LogP contribution >= 0.6 is 0 Å². The van der Waals surface area contributed by atoms with Crippen molar-refractivity contribution in [2.75, 3.05) is 19.6 Å². The van der Waals surface area contributed by atoms with Crippen molar-refractivity contribution >= 4 is 10.2 Å². The van der Waals surface area contributed by atoms with Gasteiger partial charge < -0.3 is 5.11 Å². The van der Waals surface area contributed by atoms with Gasteiger partial charge in [0, 0.05) is 25.7 Å². The minimum atomic E-state index is -3.40. The van der Waals surface area contributed by atoms with Gasteiger partial charge in [-0.05, 0) is 39.5 Å². The van der Waals surface area contributed by atoms with Gasteiger partial charge in [-0.3, -0.25) is 0 Å². The van der Waals surface area contributed by atoms with Crippen LogP contribution in [0.3, 0.4) is 0 Å². The Bertz CT molecular complexity index is 394. The molecule has 2 heterocycles. The highest BCUT2D eigenvalue weighted by Crippen LogP contribution is 2.27. The molecule has 0 aliphatic carbocycles. The van der Waals surface area contributed by atoms with Crippen LogP contribution in [-0.2, 0) is 10.2 Å². The normalized spacial score (nSPS) is 36.7. The SMILES string of the molecule is CC1CCCCN1S(=O)(=O)N1CCCC(C)(O)C1. The molecule has 1 N–H and O–H groups in total. The van der Waals surface area contributed by atoms with E-state index in [0.29, 0.717) is 19.5 Å². The van der Waals surface area contributed by atoms with E-state index < -0.39 is 15.8 Å². The first kappa shape index (κ1) is 14.2. The Morgan fingerprint density at radius 3 is 2.56 bits per heavy atom. The fourth-order valence-corrected chi connectivity index (χ4v) is 4.95. The van der Waals surface area contributed by atoms with Gasteiger partial charge in [0.05, 0.1) is 5.60 Å². The minimum absolute atomic E-state index is 0.0793. The average Bonchev–Trinajstić information content (AvgIpc) is 2.28. The molecule has 2 fully saturated rings. The van der Waals surface area contributed by atoms with Crippen molar-refractivity contribution in [3.8, 4) is 0 Å². The topological polar surface area (TPSA) is 60.9 Å². The van der Waals surface area contributed by atoms with Crippen LogP contribution in [0.25, 0.3) is 0 Å². The summed E-state index contributed by atoms with van der Waals surface area (Å²) in [6.07, 6.45) is 4.38. The molecule has 0 radical (unpaired) electrons. The molecule has 0 spiro atoms. The van der Waals surface area contributed by atoms with Gasteiger partial charge >= 0.3 is 0 Å². The first-order chi connectivity index (χ1) is 8.33. The van der Waals surface area contributed by atoms with Gasteiger partial charge in [0.2, 0.25) is 0 Å². The van der Waals surface area contributed by atoms with Crippen molar-refractivity contribution in [2.24, 2.45) is 0 Å². The highest BCUT2D eigenvalue weighted by molar-refractivity contribution is 7.86. The van der Waals surface area contributed by atoms with E-state index in [4.69, 9.17) is 0 Å². The van der Waals surface area contributed by atoms with Gasteiger partial charge in [0.15, 0.2) is 0 Å². The third kappa shape index (κ3) is 2.87. The van der Waals surface area contributed by atoms with Crippen molar-refractivity contribution in [3.63, 3.8) is 0 Å². The number of hydrogen-bond donors (Lipinski definition) is 1. The minimum Gasteiger partial charge on any atom is -0.389 e. The number of aliphatic hydroxyl groups is 1. The fraction of sp³-hybridized carbons (Fsp3) is 1.00. The van der Waals surface area contributed by atoms with Crippen molar-refractivity contribution in [1.29, 1.82) is 0 Å². The summed E-state index contributed by atoms with van der Waals surface area (Å²) in [4.78, 5) is 0. The molecule has 2 aliphatic heterocycles. The van der Waals surface area contributed by atoms with Crippen LogP contribution in [0.1, 0.15) is 46.0 Å². The lowest BCUT2D eigenvalue weighted by Gasteiger charge is -2.41. The lowest BCUT2D eigenvalue weighted by Crippen LogP contribution is -2.55. The summed E-state index contributed by atoms with van der Waals surface area (Å²) in [5.41, 5.74) is -0.885. The molecule has 0 bridgehead atoms. The Morgan fingerprint density at radius 1 is 1.22 bits per heavy atom. The van der Waals surface area contributed by atoms with E-state index in [0.717, 1.165) is 25.7 Å². The molecule has 0 aromatic rings. The summed E-state index contributed by atoms with van der Waals surface area (Å²) in [5, 5.41) is 10.0. The standard InChI is InChI=1S/C12H24N2O3S/c1-11-6-3-4-9-14(11)18(16,17)13-8-5-7-12(2,15)10-13/h11,15H,3-10H2,1-2H3. The number of nitrogens with zero attached hydrogens (tertiary/aromatic N) is 2.